The summed E-state index contributed by atoms with van der Waals surface area (Å²) in [6.07, 6.45) is 1.69. The second-order valence-electron chi connectivity index (χ2n) is 2.51. The third-order valence-electron chi connectivity index (χ3n) is 1.46. The van der Waals surface area contributed by atoms with Crippen molar-refractivity contribution in [3.63, 3.8) is 0 Å². The Morgan fingerprint density at radius 3 is 2.73 bits per heavy atom. The molecule has 0 saturated heterocycles. The molecule has 3 heteroatoms. The summed E-state index contributed by atoms with van der Waals surface area (Å²) in [4.78, 5) is 7.87. The largest absolute Gasteiger partial charge is 0.368 e. The molecule has 0 amide bonds. The average Bonchev–Trinajstić information content (AvgIpc) is 1.85. The van der Waals surface area contributed by atoms with E-state index in [1.165, 1.54) is 0 Å². The summed E-state index contributed by atoms with van der Waals surface area (Å²) >= 11 is 0. The Hall–Kier alpha value is -1.38. The molecule has 58 valence electrons. The van der Waals surface area contributed by atoms with Crippen LogP contribution in [0.5, 0.6) is 0 Å². The Morgan fingerprint density at radius 2 is 2.27 bits per heavy atom. The molecule has 3 nitrogen and oxygen atoms in total. The number of allylic oxidation sites excluding steroid dienone is 1. The van der Waals surface area contributed by atoms with Gasteiger partial charge in [-0.2, -0.15) is 0 Å². The maximum Gasteiger partial charge on any atom is 0.220 e. The van der Waals surface area contributed by atoms with E-state index in [1.807, 2.05) is 13.8 Å². The fourth-order valence-electron chi connectivity index (χ4n) is 0.904. The van der Waals surface area contributed by atoms with Gasteiger partial charge < -0.3 is 5.73 Å². The van der Waals surface area contributed by atoms with E-state index in [9.17, 15) is 0 Å². The third kappa shape index (κ3) is 1.55. The van der Waals surface area contributed by atoms with Crippen molar-refractivity contribution in [2.75, 3.05) is 5.73 Å². The van der Waals surface area contributed by atoms with Crippen LogP contribution in [0.25, 0.3) is 5.57 Å². The molecule has 0 fully saturated rings. The molecular formula is C8H11N3. The highest BCUT2D eigenvalue weighted by Crippen LogP contribution is 2.13. The fraction of sp³-hybridized carbons (Fsp3) is 0.250. The molecular weight excluding hydrogens is 138 g/mol. The zero-order valence-electron chi connectivity index (χ0n) is 6.76. The summed E-state index contributed by atoms with van der Waals surface area (Å²) in [5.74, 6) is 0.313. The molecule has 1 aromatic heterocycles. The summed E-state index contributed by atoms with van der Waals surface area (Å²) in [5.41, 5.74) is 8.19. The molecule has 0 radical (unpaired) electrons. The second-order valence-corrected chi connectivity index (χ2v) is 2.51. The van der Waals surface area contributed by atoms with E-state index in [0.29, 0.717) is 5.95 Å². The predicted octanol–water partition coefficient (Wildman–Crippen LogP) is 1.40. The van der Waals surface area contributed by atoms with Crippen molar-refractivity contribution in [2.45, 2.75) is 13.8 Å². The zero-order valence-corrected chi connectivity index (χ0v) is 6.76. The van der Waals surface area contributed by atoms with Crippen molar-refractivity contribution in [3.05, 3.63) is 24.0 Å². The van der Waals surface area contributed by atoms with Gasteiger partial charge in [0.15, 0.2) is 0 Å². The molecule has 0 aliphatic carbocycles. The van der Waals surface area contributed by atoms with Gasteiger partial charge in [0.1, 0.15) is 0 Å². The predicted molar refractivity (Wildman–Crippen MR) is 45.9 cm³/mol. The van der Waals surface area contributed by atoms with Crippen molar-refractivity contribution < 1.29 is 0 Å². The van der Waals surface area contributed by atoms with Crippen molar-refractivity contribution in [2.24, 2.45) is 0 Å². The number of nitrogens with zero attached hydrogens (tertiary/aromatic N) is 2. The van der Waals surface area contributed by atoms with Gasteiger partial charge in [-0.25, -0.2) is 9.97 Å². The number of hydrogen-bond acceptors (Lipinski definition) is 3. The maximum absolute atomic E-state index is 5.38. The summed E-state index contributed by atoms with van der Waals surface area (Å²) in [6, 6.07) is 0. The summed E-state index contributed by atoms with van der Waals surface area (Å²) in [7, 11) is 0. The van der Waals surface area contributed by atoms with Gasteiger partial charge in [0.2, 0.25) is 5.95 Å². The molecule has 1 heterocycles. The van der Waals surface area contributed by atoms with Crippen LogP contribution >= 0.6 is 0 Å². The lowest BCUT2D eigenvalue weighted by atomic mass is 10.1. The Kier molecular flexibility index (Phi) is 1.89. The molecule has 0 bridgehead atoms. The van der Waals surface area contributed by atoms with E-state index in [4.69, 9.17) is 5.73 Å². The van der Waals surface area contributed by atoms with E-state index in [2.05, 4.69) is 16.5 Å². The van der Waals surface area contributed by atoms with Crippen LogP contribution < -0.4 is 5.73 Å². The molecule has 2 N–H and O–H groups in total. The van der Waals surface area contributed by atoms with Crippen LogP contribution in [-0.2, 0) is 0 Å². The molecule has 0 unspecified atom stereocenters. The van der Waals surface area contributed by atoms with E-state index in [-0.39, 0.29) is 0 Å². The van der Waals surface area contributed by atoms with Crippen LogP contribution in [0.3, 0.4) is 0 Å². The Morgan fingerprint density at radius 1 is 1.64 bits per heavy atom. The van der Waals surface area contributed by atoms with Crippen molar-refractivity contribution in [1.29, 1.82) is 0 Å². The minimum Gasteiger partial charge on any atom is -0.368 e. The first-order valence-electron chi connectivity index (χ1n) is 3.36. The topological polar surface area (TPSA) is 51.8 Å². The molecule has 0 atom stereocenters. The lowest BCUT2D eigenvalue weighted by molar-refractivity contribution is 1.10. The maximum atomic E-state index is 5.38. The normalized spacial score (nSPS) is 9.64. The summed E-state index contributed by atoms with van der Waals surface area (Å²) in [6.45, 7) is 7.60. The molecule has 0 aromatic carbocycles. The van der Waals surface area contributed by atoms with Crippen LogP contribution in [0.4, 0.5) is 5.95 Å². The number of aryl methyl sites for hydroxylation is 1. The fourth-order valence-corrected chi connectivity index (χ4v) is 0.904. The average molecular weight is 149 g/mol. The molecule has 0 aliphatic heterocycles. The number of aromatic nitrogens is 2. The number of nitrogen functional groups attached to an aromatic ring is 1. The minimum absolute atomic E-state index is 0.313. The first-order valence-corrected chi connectivity index (χ1v) is 3.36. The van der Waals surface area contributed by atoms with Gasteiger partial charge in [0.05, 0.1) is 5.69 Å². The van der Waals surface area contributed by atoms with Crippen LogP contribution in [0.15, 0.2) is 12.8 Å². The molecule has 0 saturated carbocycles. The van der Waals surface area contributed by atoms with Crippen molar-refractivity contribution in [3.8, 4) is 0 Å². The van der Waals surface area contributed by atoms with Crippen LogP contribution in [-0.4, -0.2) is 9.97 Å². The van der Waals surface area contributed by atoms with Crippen molar-refractivity contribution >= 4 is 11.5 Å². The lowest BCUT2D eigenvalue weighted by Crippen LogP contribution is -1.98. The molecule has 0 aliphatic rings. The number of anilines is 1. The van der Waals surface area contributed by atoms with Crippen molar-refractivity contribution in [1.82, 2.24) is 9.97 Å². The number of rotatable bonds is 1. The monoisotopic (exact) mass is 149 g/mol. The minimum atomic E-state index is 0.313. The van der Waals surface area contributed by atoms with E-state index >= 15 is 0 Å². The standard InChI is InChI=1S/C8H11N3/c1-5(2)7-4-10-8(9)11-6(7)3/h4H,1H2,2-3H3,(H2,9,10,11). The van der Waals surface area contributed by atoms with Crippen LogP contribution in [0.1, 0.15) is 18.2 Å². The molecule has 1 rings (SSSR count). The summed E-state index contributed by atoms with van der Waals surface area (Å²) in [5, 5.41) is 0. The molecule has 1 aromatic rings. The highest BCUT2D eigenvalue weighted by Gasteiger charge is 2.00. The van der Waals surface area contributed by atoms with Gasteiger partial charge in [-0.3, -0.25) is 0 Å². The Labute approximate surface area is 66.0 Å². The van der Waals surface area contributed by atoms with Gasteiger partial charge in [0, 0.05) is 11.8 Å². The first kappa shape index (κ1) is 7.72. The zero-order chi connectivity index (χ0) is 8.43. The van der Waals surface area contributed by atoms with Crippen LogP contribution in [0.2, 0.25) is 0 Å². The van der Waals surface area contributed by atoms with Gasteiger partial charge >= 0.3 is 0 Å². The third-order valence-corrected chi connectivity index (χ3v) is 1.46. The second kappa shape index (κ2) is 2.70. The van der Waals surface area contributed by atoms with E-state index in [1.54, 1.807) is 6.20 Å². The van der Waals surface area contributed by atoms with Gasteiger partial charge in [-0.05, 0) is 19.4 Å². The lowest BCUT2D eigenvalue weighted by Gasteiger charge is -2.02. The van der Waals surface area contributed by atoms with Gasteiger partial charge in [-0.1, -0.05) is 6.58 Å². The SMILES string of the molecule is C=C(C)c1cnc(N)nc1C. The van der Waals surface area contributed by atoms with E-state index < -0.39 is 0 Å². The summed E-state index contributed by atoms with van der Waals surface area (Å²) < 4.78 is 0. The Bertz CT molecular complexity index is 291. The van der Waals surface area contributed by atoms with Gasteiger partial charge in [-0.15, -0.1) is 0 Å². The molecule has 11 heavy (non-hydrogen) atoms. The first-order chi connectivity index (χ1) is 5.11. The smallest absolute Gasteiger partial charge is 0.220 e. The highest BCUT2D eigenvalue weighted by molar-refractivity contribution is 5.62. The van der Waals surface area contributed by atoms with E-state index in [0.717, 1.165) is 16.8 Å². The molecule has 0 spiro atoms. The highest BCUT2D eigenvalue weighted by atomic mass is 15.0. The Balaban J connectivity index is 3.20. The number of hydrogen-bond donors (Lipinski definition) is 1. The van der Waals surface area contributed by atoms with Crippen LogP contribution in [0, 0.1) is 6.92 Å². The quantitative estimate of drug-likeness (QED) is 0.656. The van der Waals surface area contributed by atoms with Gasteiger partial charge in [0.25, 0.3) is 0 Å². The number of nitrogens with two attached hydrogens (primary N) is 1.